The molecule has 0 atom stereocenters. The molecule has 0 fully saturated rings. The molecule has 0 amide bonds. The van der Waals surface area contributed by atoms with Crippen LogP contribution in [0.15, 0.2) is 109 Å². The molecule has 0 nitrogen and oxygen atoms in total. The molecule has 1 aliphatic rings. The first-order chi connectivity index (χ1) is 15.5. The number of benzene rings is 4. The van der Waals surface area contributed by atoms with E-state index in [1.807, 2.05) is 11.8 Å². The first-order valence-electron chi connectivity index (χ1n) is 11.3. The van der Waals surface area contributed by atoms with Gasteiger partial charge in [0.15, 0.2) is 14.7 Å². The van der Waals surface area contributed by atoms with E-state index < -0.39 is 0 Å². The lowest BCUT2D eigenvalue weighted by Gasteiger charge is -2.21. The third-order valence-electron chi connectivity index (χ3n) is 6.13. The van der Waals surface area contributed by atoms with Gasteiger partial charge in [0.25, 0.3) is 0 Å². The highest BCUT2D eigenvalue weighted by Gasteiger charge is 2.30. The molecule has 4 aromatic rings. The summed E-state index contributed by atoms with van der Waals surface area (Å²) in [6.07, 6.45) is 1.02. The highest BCUT2D eigenvalue weighted by Crippen LogP contribution is 2.42. The van der Waals surface area contributed by atoms with Crippen molar-refractivity contribution in [3.8, 4) is 0 Å². The van der Waals surface area contributed by atoms with Crippen LogP contribution in [0.5, 0.6) is 0 Å². The van der Waals surface area contributed by atoms with Crippen LogP contribution in [0.2, 0.25) is 0 Å². The number of rotatable bonds is 4. The summed E-state index contributed by atoms with van der Waals surface area (Å²) in [6, 6.07) is 32.3. The lowest BCUT2D eigenvalue weighted by Crippen LogP contribution is -2.08. The second-order valence-corrected chi connectivity index (χ2v) is 12.1. The Morgan fingerprint density at radius 3 is 1.69 bits per heavy atom. The number of hydrogen-bond donors (Lipinski definition) is 0. The average molecular weight is 454 g/mol. The van der Waals surface area contributed by atoms with Gasteiger partial charge in [-0.15, -0.1) is 0 Å². The minimum absolute atomic E-state index is 0.108. The predicted octanol–water partition coefficient (Wildman–Crippen LogP) is 8.58. The molecular formula is C30H29S2+. The van der Waals surface area contributed by atoms with Gasteiger partial charge in [0, 0.05) is 9.79 Å². The predicted molar refractivity (Wildman–Crippen MR) is 138 cm³/mol. The largest absolute Gasteiger partial charge is 0.166 e. The normalized spacial score (nSPS) is 12.7. The fourth-order valence-corrected chi connectivity index (χ4v) is 7.33. The minimum atomic E-state index is -0.108. The van der Waals surface area contributed by atoms with E-state index in [0.717, 1.165) is 6.42 Å². The molecule has 1 heterocycles. The maximum atomic E-state index is 2.47. The summed E-state index contributed by atoms with van der Waals surface area (Å²) in [5, 5.41) is 0. The molecule has 0 bridgehead atoms. The average Bonchev–Trinajstić information content (AvgIpc) is 2.80. The summed E-state index contributed by atoms with van der Waals surface area (Å²) >= 11 is 1.92. The van der Waals surface area contributed by atoms with Crippen molar-refractivity contribution in [3.05, 3.63) is 113 Å². The van der Waals surface area contributed by atoms with Crippen molar-refractivity contribution in [2.24, 2.45) is 0 Å². The third kappa shape index (κ3) is 4.27. The lowest BCUT2D eigenvalue weighted by atomic mass is 9.97. The molecule has 160 valence electrons. The van der Waals surface area contributed by atoms with Gasteiger partial charge in [-0.2, -0.15) is 0 Å². The van der Waals surface area contributed by atoms with Crippen molar-refractivity contribution in [1.29, 1.82) is 0 Å². The smallest absolute Gasteiger partial charge is 0.0895 e. The van der Waals surface area contributed by atoms with E-state index >= 15 is 0 Å². The van der Waals surface area contributed by atoms with Gasteiger partial charge in [-0.3, -0.25) is 0 Å². The van der Waals surface area contributed by atoms with Crippen LogP contribution in [0.1, 0.15) is 47.6 Å². The quantitative estimate of drug-likeness (QED) is 0.246. The van der Waals surface area contributed by atoms with Gasteiger partial charge in [-0.1, -0.05) is 73.1 Å². The molecule has 0 radical (unpaired) electrons. The summed E-state index contributed by atoms with van der Waals surface area (Å²) in [5.41, 5.74) is 6.97. The fraction of sp³-hybridized carbons (Fsp3) is 0.200. The Hall–Kier alpha value is -2.42. The zero-order chi connectivity index (χ0) is 22.2. The van der Waals surface area contributed by atoms with E-state index in [-0.39, 0.29) is 10.9 Å². The van der Waals surface area contributed by atoms with Crippen LogP contribution in [-0.4, -0.2) is 0 Å². The van der Waals surface area contributed by atoms with Gasteiger partial charge < -0.3 is 0 Å². The van der Waals surface area contributed by atoms with Crippen molar-refractivity contribution in [2.45, 2.75) is 64.5 Å². The van der Waals surface area contributed by atoms with Crippen molar-refractivity contribution < 1.29 is 0 Å². The van der Waals surface area contributed by atoms with Crippen molar-refractivity contribution >= 4 is 22.7 Å². The Morgan fingerprint density at radius 1 is 0.625 bits per heavy atom. The standard InChI is InChI=1S/C30H29S2/c1-20(2)23-9-15-29-24(17-23)18-25-19-28(14-16-30(25)31-29)32(26-10-5-21(3)6-11-26)27-12-7-22(4)8-13-27/h5-17,19-20H,18H2,1-4H3/q+1. The van der Waals surface area contributed by atoms with Crippen molar-refractivity contribution in [3.63, 3.8) is 0 Å². The van der Waals surface area contributed by atoms with Crippen LogP contribution in [0, 0.1) is 13.8 Å². The maximum absolute atomic E-state index is 2.47. The molecule has 0 aromatic heterocycles. The van der Waals surface area contributed by atoms with Crippen LogP contribution in [0.25, 0.3) is 0 Å². The van der Waals surface area contributed by atoms with Crippen LogP contribution in [0.4, 0.5) is 0 Å². The van der Waals surface area contributed by atoms with Gasteiger partial charge >= 0.3 is 0 Å². The Labute approximate surface area is 199 Å². The number of aryl methyl sites for hydroxylation is 2. The summed E-state index contributed by atoms with van der Waals surface area (Å²) < 4.78 is 0. The first-order valence-corrected chi connectivity index (χ1v) is 13.3. The molecule has 5 rings (SSSR count). The Balaban J connectivity index is 1.57. The molecule has 0 unspecified atom stereocenters. The van der Waals surface area contributed by atoms with E-state index in [0.29, 0.717) is 5.92 Å². The SMILES string of the molecule is Cc1ccc([S+](c2ccc(C)cc2)c2ccc3c(c2)Cc2cc(C(C)C)ccc2S3)cc1. The molecule has 32 heavy (non-hydrogen) atoms. The molecule has 0 N–H and O–H groups in total. The van der Waals surface area contributed by atoms with Crippen molar-refractivity contribution in [2.75, 3.05) is 0 Å². The summed E-state index contributed by atoms with van der Waals surface area (Å²) in [5.74, 6) is 0.562. The molecule has 0 saturated carbocycles. The van der Waals surface area contributed by atoms with E-state index in [1.54, 1.807) is 0 Å². The molecule has 0 aliphatic carbocycles. The van der Waals surface area contributed by atoms with E-state index in [1.165, 1.54) is 52.3 Å². The Kier molecular flexibility index (Phi) is 5.92. The Bertz CT molecular complexity index is 1210. The zero-order valence-electron chi connectivity index (χ0n) is 19.2. The second kappa shape index (κ2) is 8.84. The van der Waals surface area contributed by atoms with E-state index in [4.69, 9.17) is 0 Å². The van der Waals surface area contributed by atoms with Crippen LogP contribution >= 0.6 is 11.8 Å². The van der Waals surface area contributed by atoms with Crippen LogP contribution < -0.4 is 0 Å². The summed E-state index contributed by atoms with van der Waals surface area (Å²) in [6.45, 7) is 8.87. The fourth-order valence-electron chi connectivity index (χ4n) is 4.20. The van der Waals surface area contributed by atoms with E-state index in [2.05, 4.69) is 113 Å². The van der Waals surface area contributed by atoms with Crippen molar-refractivity contribution in [1.82, 2.24) is 0 Å². The van der Waals surface area contributed by atoms with Gasteiger partial charge in [-0.05, 0) is 91.4 Å². The highest BCUT2D eigenvalue weighted by molar-refractivity contribution is 7.99. The van der Waals surface area contributed by atoms with Crippen LogP contribution in [-0.2, 0) is 17.3 Å². The number of fused-ring (bicyclic) bond motifs is 2. The van der Waals surface area contributed by atoms with Crippen LogP contribution in [0.3, 0.4) is 0 Å². The minimum Gasteiger partial charge on any atom is -0.0895 e. The van der Waals surface area contributed by atoms with Gasteiger partial charge in [0.2, 0.25) is 0 Å². The molecular weight excluding hydrogens is 424 g/mol. The topological polar surface area (TPSA) is 0 Å². The summed E-state index contributed by atoms with van der Waals surface area (Å²) in [7, 11) is -0.108. The molecule has 1 aliphatic heterocycles. The zero-order valence-corrected chi connectivity index (χ0v) is 20.8. The van der Waals surface area contributed by atoms with Gasteiger partial charge in [-0.25, -0.2) is 0 Å². The summed E-state index contributed by atoms with van der Waals surface area (Å²) in [4.78, 5) is 6.97. The van der Waals surface area contributed by atoms with Gasteiger partial charge in [0.05, 0.1) is 10.9 Å². The monoisotopic (exact) mass is 453 g/mol. The second-order valence-electron chi connectivity index (χ2n) is 9.00. The highest BCUT2D eigenvalue weighted by atomic mass is 32.2. The maximum Gasteiger partial charge on any atom is 0.166 e. The first kappa shape index (κ1) is 21.4. The number of hydrogen-bond acceptors (Lipinski definition) is 1. The Morgan fingerprint density at radius 2 is 1.12 bits per heavy atom. The van der Waals surface area contributed by atoms with E-state index in [9.17, 15) is 0 Å². The lowest BCUT2D eigenvalue weighted by molar-refractivity contribution is 0.857. The molecule has 4 aromatic carbocycles. The molecule has 2 heteroatoms. The molecule has 0 saturated heterocycles. The van der Waals surface area contributed by atoms with Gasteiger partial charge in [0.1, 0.15) is 0 Å². The molecule has 0 spiro atoms. The third-order valence-corrected chi connectivity index (χ3v) is 9.58.